The van der Waals surface area contributed by atoms with Crippen LogP contribution in [-0.2, 0) is 16.1 Å². The Labute approximate surface area is 219 Å². The van der Waals surface area contributed by atoms with E-state index < -0.39 is 5.97 Å². The highest BCUT2D eigenvalue weighted by Gasteiger charge is 2.36. The van der Waals surface area contributed by atoms with Gasteiger partial charge in [-0.3, -0.25) is 24.4 Å². The average molecular weight is 504 g/mol. The molecular weight excluding hydrogens is 466 g/mol. The molecule has 8 heteroatoms. The Morgan fingerprint density at radius 2 is 1.70 bits per heavy atom. The van der Waals surface area contributed by atoms with Crippen molar-refractivity contribution in [3.63, 3.8) is 0 Å². The highest BCUT2D eigenvalue weighted by molar-refractivity contribution is 5.92. The summed E-state index contributed by atoms with van der Waals surface area (Å²) in [5, 5.41) is 12.7. The molecule has 0 aliphatic heterocycles. The van der Waals surface area contributed by atoms with Gasteiger partial charge in [0.05, 0.1) is 18.8 Å². The Balaban J connectivity index is 1.85. The second kappa shape index (κ2) is 14.7. The van der Waals surface area contributed by atoms with E-state index in [0.29, 0.717) is 13.1 Å². The van der Waals surface area contributed by atoms with Crippen LogP contribution in [0.15, 0.2) is 91.3 Å². The van der Waals surface area contributed by atoms with Gasteiger partial charge in [-0.1, -0.05) is 55.8 Å². The fraction of sp³-hybridized carbons (Fsp3) is 0.345. The van der Waals surface area contributed by atoms with Gasteiger partial charge >= 0.3 is 5.97 Å². The molecule has 37 heavy (non-hydrogen) atoms. The van der Waals surface area contributed by atoms with Crippen LogP contribution in [-0.4, -0.2) is 63.5 Å². The predicted molar refractivity (Wildman–Crippen MR) is 147 cm³/mol. The molecule has 1 aromatic heterocycles. The third-order valence-electron chi connectivity index (χ3n) is 6.43. The smallest absolute Gasteiger partial charge is 0.317 e. The molecule has 1 aromatic carbocycles. The number of amides is 1. The second-order valence-corrected chi connectivity index (χ2v) is 9.26. The molecule has 196 valence electrons. The van der Waals surface area contributed by atoms with E-state index in [4.69, 9.17) is 5.73 Å². The summed E-state index contributed by atoms with van der Waals surface area (Å²) >= 11 is 0. The molecule has 1 heterocycles. The summed E-state index contributed by atoms with van der Waals surface area (Å²) in [6, 6.07) is 15.0. The number of nitrogens with two attached hydrogens (primary N) is 1. The van der Waals surface area contributed by atoms with Gasteiger partial charge < -0.3 is 16.2 Å². The maximum atomic E-state index is 13.1. The largest absolute Gasteiger partial charge is 0.480 e. The topological polar surface area (TPSA) is 112 Å². The van der Waals surface area contributed by atoms with E-state index in [0.717, 1.165) is 42.6 Å². The average Bonchev–Trinajstić information content (AvgIpc) is 2.89. The number of anilines is 1. The van der Waals surface area contributed by atoms with Crippen molar-refractivity contribution in [2.24, 2.45) is 5.73 Å². The lowest BCUT2D eigenvalue weighted by Crippen LogP contribution is -2.56. The summed E-state index contributed by atoms with van der Waals surface area (Å²) in [6.07, 6.45) is 12.3. The lowest BCUT2D eigenvalue weighted by atomic mass is 9.87. The number of benzene rings is 1. The number of carboxylic acids is 1. The van der Waals surface area contributed by atoms with Crippen LogP contribution in [0, 0.1) is 0 Å². The minimum absolute atomic E-state index is 0.0199. The number of nitrogens with one attached hydrogen (secondary N) is 1. The predicted octanol–water partition coefficient (Wildman–Crippen LogP) is 3.80. The molecule has 0 saturated heterocycles. The summed E-state index contributed by atoms with van der Waals surface area (Å²) in [5.41, 5.74) is 7.84. The number of hydrogen-bond acceptors (Lipinski definition) is 6. The number of carbonyl (C=O) groups excluding carboxylic acids is 1. The summed E-state index contributed by atoms with van der Waals surface area (Å²) in [6.45, 7) is 5.17. The van der Waals surface area contributed by atoms with E-state index in [1.165, 1.54) is 6.20 Å². The van der Waals surface area contributed by atoms with E-state index in [2.05, 4.69) is 21.8 Å². The van der Waals surface area contributed by atoms with Crippen LogP contribution < -0.4 is 11.1 Å². The molecule has 2 aromatic rings. The zero-order chi connectivity index (χ0) is 26.5. The standard InChI is InChI=1S/C29H37N5O3/c1-23(11-7-9-17-30)19-33(21-28(35)32-24-12-3-2-4-13-24)26-15-5-6-16-27(26)34(22-29(36)37)20-25-14-8-10-18-31-25/h2-4,7-14,17-18,26-27H,1,5-6,15-16,19-22,30H2,(H,32,35)(H,36,37)/b11-7-,17-9-/t26-,27?/m0/s1. The van der Waals surface area contributed by atoms with Crippen molar-refractivity contribution in [3.05, 3.63) is 97.0 Å². The summed E-state index contributed by atoms with van der Waals surface area (Å²) in [4.78, 5) is 33.5. The maximum absolute atomic E-state index is 13.1. The monoisotopic (exact) mass is 503 g/mol. The summed E-state index contributed by atoms with van der Waals surface area (Å²) < 4.78 is 0. The zero-order valence-corrected chi connectivity index (χ0v) is 21.2. The van der Waals surface area contributed by atoms with Gasteiger partial charge in [-0.05, 0) is 55.0 Å². The number of allylic oxidation sites excluding steroid dienone is 2. The highest BCUT2D eigenvalue weighted by Crippen LogP contribution is 2.29. The first-order valence-electron chi connectivity index (χ1n) is 12.6. The maximum Gasteiger partial charge on any atom is 0.317 e. The van der Waals surface area contributed by atoms with Crippen molar-refractivity contribution in [1.82, 2.24) is 14.8 Å². The Morgan fingerprint density at radius 1 is 1.00 bits per heavy atom. The molecule has 1 aliphatic carbocycles. The molecule has 2 atom stereocenters. The number of rotatable bonds is 13. The Bertz CT molecular complexity index is 1070. The van der Waals surface area contributed by atoms with Gasteiger partial charge in [-0.2, -0.15) is 0 Å². The quantitative estimate of drug-likeness (QED) is 0.357. The number of aromatic nitrogens is 1. The Kier molecular flexibility index (Phi) is 11.1. The van der Waals surface area contributed by atoms with Crippen LogP contribution in [0.25, 0.3) is 0 Å². The number of aliphatic carboxylic acids is 1. The summed E-state index contributed by atoms with van der Waals surface area (Å²) in [7, 11) is 0. The van der Waals surface area contributed by atoms with Gasteiger partial charge in [-0.25, -0.2) is 0 Å². The van der Waals surface area contributed by atoms with Gasteiger partial charge in [0.1, 0.15) is 0 Å². The van der Waals surface area contributed by atoms with Gasteiger partial charge in [-0.15, -0.1) is 0 Å². The molecule has 1 amide bonds. The third-order valence-corrected chi connectivity index (χ3v) is 6.43. The van der Waals surface area contributed by atoms with Crippen LogP contribution in [0.2, 0.25) is 0 Å². The lowest BCUT2D eigenvalue weighted by Gasteiger charge is -2.44. The molecular formula is C29H37N5O3. The first kappa shape index (κ1) is 27.8. The van der Waals surface area contributed by atoms with Crippen molar-refractivity contribution < 1.29 is 14.7 Å². The van der Waals surface area contributed by atoms with Crippen molar-refractivity contribution in [3.8, 4) is 0 Å². The fourth-order valence-electron chi connectivity index (χ4n) is 4.87. The van der Waals surface area contributed by atoms with Crippen LogP contribution in [0.1, 0.15) is 31.4 Å². The van der Waals surface area contributed by atoms with Crippen molar-refractivity contribution in [2.45, 2.75) is 44.3 Å². The van der Waals surface area contributed by atoms with E-state index in [1.807, 2.05) is 65.6 Å². The molecule has 0 radical (unpaired) electrons. The molecule has 4 N–H and O–H groups in total. The Morgan fingerprint density at radius 3 is 2.35 bits per heavy atom. The van der Waals surface area contributed by atoms with Gasteiger partial charge in [0.15, 0.2) is 0 Å². The van der Waals surface area contributed by atoms with Gasteiger partial charge in [0.2, 0.25) is 5.91 Å². The van der Waals surface area contributed by atoms with Crippen molar-refractivity contribution in [1.29, 1.82) is 0 Å². The van der Waals surface area contributed by atoms with Crippen LogP contribution in [0.5, 0.6) is 0 Å². The van der Waals surface area contributed by atoms with Gasteiger partial charge in [0.25, 0.3) is 0 Å². The minimum Gasteiger partial charge on any atom is -0.480 e. The van der Waals surface area contributed by atoms with Crippen molar-refractivity contribution in [2.75, 3.05) is 25.0 Å². The summed E-state index contributed by atoms with van der Waals surface area (Å²) in [5.74, 6) is -1.00. The lowest BCUT2D eigenvalue weighted by molar-refractivity contribution is -0.140. The van der Waals surface area contributed by atoms with E-state index in [9.17, 15) is 14.7 Å². The van der Waals surface area contributed by atoms with Crippen LogP contribution in [0.4, 0.5) is 5.69 Å². The molecule has 1 aliphatic rings. The van der Waals surface area contributed by atoms with Crippen LogP contribution >= 0.6 is 0 Å². The molecule has 3 rings (SSSR count). The van der Waals surface area contributed by atoms with Gasteiger partial charge in [0, 0.05) is 37.1 Å². The molecule has 1 saturated carbocycles. The number of nitrogens with zero attached hydrogens (tertiary/aromatic N) is 3. The number of hydrogen-bond donors (Lipinski definition) is 3. The first-order chi connectivity index (χ1) is 18.0. The fourth-order valence-corrected chi connectivity index (χ4v) is 4.87. The van der Waals surface area contributed by atoms with E-state index >= 15 is 0 Å². The molecule has 0 bridgehead atoms. The number of carboxylic acid groups (broad SMARTS) is 1. The zero-order valence-electron chi connectivity index (χ0n) is 21.2. The Hall–Kier alpha value is -3.75. The third kappa shape index (κ3) is 9.33. The SMILES string of the molecule is C=C(/C=C\C=C/N)CN(CC(=O)Nc1ccccc1)[C@H]1CCCCC1N(CC(=O)O)Cc1ccccn1. The van der Waals surface area contributed by atoms with Crippen molar-refractivity contribution >= 4 is 17.6 Å². The molecule has 1 unspecified atom stereocenters. The van der Waals surface area contributed by atoms with E-state index in [1.54, 1.807) is 12.3 Å². The van der Waals surface area contributed by atoms with E-state index in [-0.39, 0.29) is 31.1 Å². The number of pyridine rings is 1. The normalized spacial score (nSPS) is 18.0. The molecule has 8 nitrogen and oxygen atoms in total. The molecule has 0 spiro atoms. The highest BCUT2D eigenvalue weighted by atomic mass is 16.4. The minimum atomic E-state index is -0.880. The molecule has 1 fully saturated rings. The number of carbonyl (C=O) groups is 2. The first-order valence-corrected chi connectivity index (χ1v) is 12.6. The van der Waals surface area contributed by atoms with Crippen LogP contribution in [0.3, 0.4) is 0 Å². The second-order valence-electron chi connectivity index (χ2n) is 9.26. The number of para-hydroxylation sites is 1.